The predicted octanol–water partition coefficient (Wildman–Crippen LogP) is 0.625. The highest BCUT2D eigenvalue weighted by Crippen LogP contribution is 2.11. The Hall–Kier alpha value is -0.470. The number of hydrogen-bond acceptors (Lipinski definition) is 3. The van der Waals surface area contributed by atoms with Crippen molar-refractivity contribution in [1.29, 1.82) is 0 Å². The summed E-state index contributed by atoms with van der Waals surface area (Å²) in [6, 6.07) is 0. The number of rotatable bonds is 4. The Bertz CT molecular complexity index is 259. The van der Waals surface area contributed by atoms with Gasteiger partial charge in [0.15, 0.2) is 11.1 Å². The molecule has 1 amide bonds. The van der Waals surface area contributed by atoms with Gasteiger partial charge >= 0.3 is 0 Å². The molecule has 0 unspecified atom stereocenters. The van der Waals surface area contributed by atoms with Gasteiger partial charge in [0, 0.05) is 0 Å². The van der Waals surface area contributed by atoms with Crippen molar-refractivity contribution in [3.63, 3.8) is 0 Å². The Balaban J connectivity index is 2.49. The number of carbonyl (C=O) groups is 1. The van der Waals surface area contributed by atoms with Crippen LogP contribution >= 0.6 is 23.2 Å². The monoisotopic (exact) mass is 251 g/mol. The number of halogens is 2. The highest BCUT2D eigenvalue weighted by molar-refractivity contribution is 6.53. The maximum atomic E-state index is 11.5. The highest BCUT2D eigenvalue weighted by atomic mass is 35.5. The van der Waals surface area contributed by atoms with E-state index in [2.05, 4.69) is 5.92 Å². The van der Waals surface area contributed by atoms with Crippen LogP contribution in [-0.2, 0) is 14.3 Å². The van der Waals surface area contributed by atoms with Gasteiger partial charge in [0.2, 0.25) is 0 Å². The number of ether oxygens (including phenoxy) is 2. The smallest absolute Gasteiger partial charge is 0.256 e. The second-order valence-electron chi connectivity index (χ2n) is 2.89. The molecule has 1 rings (SSSR count). The lowest BCUT2D eigenvalue weighted by atomic mass is 10.4. The topological polar surface area (TPSA) is 38.8 Å². The molecule has 0 aliphatic carbocycles. The van der Waals surface area contributed by atoms with E-state index in [0.717, 1.165) is 0 Å². The molecule has 15 heavy (non-hydrogen) atoms. The summed E-state index contributed by atoms with van der Waals surface area (Å²) >= 11 is 10.9. The van der Waals surface area contributed by atoms with Gasteiger partial charge < -0.3 is 14.4 Å². The third kappa shape index (κ3) is 3.88. The van der Waals surface area contributed by atoms with E-state index in [-0.39, 0.29) is 13.1 Å². The maximum absolute atomic E-state index is 11.5. The number of amides is 1. The molecule has 4 nitrogen and oxygen atoms in total. The highest BCUT2D eigenvalue weighted by Gasteiger charge is 2.25. The Morgan fingerprint density at radius 1 is 1.53 bits per heavy atom. The lowest BCUT2D eigenvalue weighted by Gasteiger charge is -2.23. The second kappa shape index (κ2) is 6.19. The zero-order valence-electron chi connectivity index (χ0n) is 7.99. The summed E-state index contributed by atoms with van der Waals surface area (Å²) in [5.74, 6) is 1.92. The van der Waals surface area contributed by atoms with E-state index in [0.29, 0.717) is 13.2 Å². The molecule has 1 heterocycles. The lowest BCUT2D eigenvalue weighted by Crippen LogP contribution is -2.40. The summed E-state index contributed by atoms with van der Waals surface area (Å²) in [6.45, 7) is 1.43. The first-order chi connectivity index (χ1) is 7.15. The van der Waals surface area contributed by atoms with Crippen LogP contribution in [0.3, 0.4) is 0 Å². The van der Waals surface area contributed by atoms with Crippen LogP contribution < -0.4 is 0 Å². The molecule has 0 spiro atoms. The summed E-state index contributed by atoms with van der Waals surface area (Å²) < 4.78 is 10.4. The fraction of sp³-hybridized carbons (Fsp3) is 0.667. The summed E-state index contributed by atoms with van der Waals surface area (Å²) in [6.07, 6.45) is 4.69. The van der Waals surface area contributed by atoms with Crippen LogP contribution in [0.4, 0.5) is 0 Å². The first-order valence-corrected chi connectivity index (χ1v) is 5.26. The van der Waals surface area contributed by atoms with Gasteiger partial charge in [-0.1, -0.05) is 29.1 Å². The molecule has 0 saturated carbocycles. The van der Waals surface area contributed by atoms with Crippen molar-refractivity contribution < 1.29 is 14.3 Å². The lowest BCUT2D eigenvalue weighted by molar-refractivity contribution is -0.134. The van der Waals surface area contributed by atoms with E-state index in [1.807, 2.05) is 0 Å². The minimum Gasteiger partial charge on any atom is -0.348 e. The summed E-state index contributed by atoms with van der Waals surface area (Å²) in [5, 5.41) is 0. The largest absolute Gasteiger partial charge is 0.348 e. The number of carbonyl (C=O) groups excluding carboxylic acids is 1. The fourth-order valence-electron chi connectivity index (χ4n) is 1.17. The molecular weight excluding hydrogens is 241 g/mol. The number of alkyl halides is 2. The van der Waals surface area contributed by atoms with E-state index in [1.165, 1.54) is 4.90 Å². The molecule has 0 atom stereocenters. The molecule has 0 radical (unpaired) electrons. The van der Waals surface area contributed by atoms with Crippen LogP contribution in [0.5, 0.6) is 0 Å². The van der Waals surface area contributed by atoms with E-state index in [1.54, 1.807) is 0 Å². The normalized spacial score (nSPS) is 16.7. The van der Waals surface area contributed by atoms with Gasteiger partial charge in [-0.15, -0.1) is 6.42 Å². The maximum Gasteiger partial charge on any atom is 0.256 e. The van der Waals surface area contributed by atoms with E-state index in [4.69, 9.17) is 39.1 Å². The van der Waals surface area contributed by atoms with Gasteiger partial charge in [-0.25, -0.2) is 0 Å². The van der Waals surface area contributed by atoms with Crippen molar-refractivity contribution in [2.24, 2.45) is 0 Å². The number of nitrogens with zero attached hydrogens (tertiary/aromatic N) is 1. The van der Waals surface area contributed by atoms with Gasteiger partial charge in [-0.05, 0) is 0 Å². The van der Waals surface area contributed by atoms with Crippen molar-refractivity contribution in [1.82, 2.24) is 4.90 Å². The van der Waals surface area contributed by atoms with Crippen molar-refractivity contribution in [2.45, 2.75) is 11.1 Å². The third-order valence-corrected chi connectivity index (χ3v) is 2.21. The van der Waals surface area contributed by atoms with Gasteiger partial charge in [-0.3, -0.25) is 4.79 Å². The van der Waals surface area contributed by atoms with E-state index in [9.17, 15) is 4.79 Å². The average Bonchev–Trinajstić information content (AvgIpc) is 2.68. The summed E-state index contributed by atoms with van der Waals surface area (Å²) in [5.41, 5.74) is 0. The zero-order valence-corrected chi connectivity index (χ0v) is 9.50. The molecule has 1 fully saturated rings. The molecule has 0 aromatic heterocycles. The molecule has 0 N–H and O–H groups in total. The van der Waals surface area contributed by atoms with E-state index >= 15 is 0 Å². The molecule has 0 bridgehead atoms. The third-order valence-electron chi connectivity index (χ3n) is 1.84. The Kier molecular flexibility index (Phi) is 5.20. The molecule has 84 valence electrons. The van der Waals surface area contributed by atoms with Crippen molar-refractivity contribution in [2.75, 3.05) is 26.3 Å². The van der Waals surface area contributed by atoms with Gasteiger partial charge in [0.05, 0.1) is 26.3 Å². The van der Waals surface area contributed by atoms with Crippen molar-refractivity contribution in [3.8, 4) is 12.3 Å². The first kappa shape index (κ1) is 12.6. The molecule has 1 aliphatic heterocycles. The minimum absolute atomic E-state index is 0.137. The van der Waals surface area contributed by atoms with E-state index < -0.39 is 17.0 Å². The van der Waals surface area contributed by atoms with Crippen molar-refractivity contribution in [3.05, 3.63) is 0 Å². The van der Waals surface area contributed by atoms with Gasteiger partial charge in [0.25, 0.3) is 5.91 Å². The van der Waals surface area contributed by atoms with Crippen LogP contribution in [0.15, 0.2) is 0 Å². The Labute approximate surface area is 98.4 Å². The number of hydrogen-bond donors (Lipinski definition) is 0. The molecule has 1 saturated heterocycles. The van der Waals surface area contributed by atoms with Crippen LogP contribution in [0.1, 0.15) is 0 Å². The van der Waals surface area contributed by atoms with Crippen LogP contribution in [0.25, 0.3) is 0 Å². The first-order valence-electron chi connectivity index (χ1n) is 4.38. The standard InChI is InChI=1S/C9H11Cl2NO3/c1-2-3-12(9(13)8(10)11)6-7-14-4-5-15-7/h1,7-8H,3-6H2. The van der Waals surface area contributed by atoms with Gasteiger partial charge in [0.1, 0.15) is 0 Å². The zero-order chi connectivity index (χ0) is 11.3. The molecule has 6 heteroatoms. The van der Waals surface area contributed by atoms with Crippen LogP contribution in [0, 0.1) is 12.3 Å². The SMILES string of the molecule is C#CCN(CC1OCCO1)C(=O)C(Cl)Cl. The predicted molar refractivity (Wildman–Crippen MR) is 56.6 cm³/mol. The molecule has 0 aromatic rings. The second-order valence-corrected chi connectivity index (χ2v) is 3.99. The molecular formula is C9H11Cl2NO3. The summed E-state index contributed by atoms with van der Waals surface area (Å²) in [7, 11) is 0. The Morgan fingerprint density at radius 3 is 2.60 bits per heavy atom. The van der Waals surface area contributed by atoms with Gasteiger partial charge in [-0.2, -0.15) is 0 Å². The van der Waals surface area contributed by atoms with Crippen LogP contribution in [-0.4, -0.2) is 48.2 Å². The quantitative estimate of drug-likeness (QED) is 0.544. The number of terminal acetylenes is 1. The van der Waals surface area contributed by atoms with Crippen molar-refractivity contribution >= 4 is 29.1 Å². The van der Waals surface area contributed by atoms with Crippen LogP contribution in [0.2, 0.25) is 0 Å². The molecule has 0 aromatic carbocycles. The summed E-state index contributed by atoms with van der Waals surface area (Å²) in [4.78, 5) is 11.7. The molecule has 1 aliphatic rings. The Morgan fingerprint density at radius 2 is 2.13 bits per heavy atom. The fourth-order valence-corrected chi connectivity index (χ4v) is 1.45. The minimum atomic E-state index is -1.11. The average molecular weight is 252 g/mol.